The first-order valence-electron chi connectivity index (χ1n) is 15.4. The van der Waals surface area contributed by atoms with Gasteiger partial charge in [-0.05, 0) is 49.6 Å². The summed E-state index contributed by atoms with van der Waals surface area (Å²) in [6, 6.07) is 6.38. The van der Waals surface area contributed by atoms with Crippen LogP contribution in [0.5, 0.6) is 5.75 Å². The number of terminal acetylenes is 1. The number of aromatic nitrogens is 4. The van der Waals surface area contributed by atoms with Crippen molar-refractivity contribution in [1.82, 2.24) is 29.7 Å². The Kier molecular flexibility index (Phi) is 9.67. The molecule has 3 aromatic heterocycles. The molecule has 4 aromatic rings. The molecule has 12 heteroatoms. The molecule has 0 aliphatic carbocycles. The first kappa shape index (κ1) is 33.2. The van der Waals surface area contributed by atoms with E-state index in [1.807, 2.05) is 32.6 Å². The van der Waals surface area contributed by atoms with Crippen molar-refractivity contribution >= 4 is 22.8 Å². The Morgan fingerprint density at radius 1 is 1.21 bits per heavy atom. The molecule has 5 rings (SSSR count). The summed E-state index contributed by atoms with van der Waals surface area (Å²) in [5, 5.41) is 13.5. The summed E-state index contributed by atoms with van der Waals surface area (Å²) in [5.74, 6) is 0.0963. The Bertz CT molecular complexity index is 1950. The summed E-state index contributed by atoms with van der Waals surface area (Å²) in [7, 11) is 0. The highest BCUT2D eigenvalue weighted by Crippen LogP contribution is 2.36. The zero-order valence-electron chi connectivity index (χ0n) is 26.8. The Hall–Kier alpha value is -5.15. The second-order valence-electron chi connectivity index (χ2n) is 12.0. The summed E-state index contributed by atoms with van der Waals surface area (Å²) in [4.78, 5) is 44.0. The maximum absolute atomic E-state index is 16.0. The SMILES string of the molecule is C#CCCNC(=O)C(=C)CN1CCN(c2nc(=O)n(-c3c(C)ccnc3C(C)C)c3nc(-c4c(O)cccc4F)c(F)cc23)[C@@H](C)C1. The monoisotopic (exact) mass is 641 g/mol. The van der Waals surface area contributed by atoms with Gasteiger partial charge in [0.25, 0.3) is 0 Å². The van der Waals surface area contributed by atoms with Crippen LogP contribution in [0.3, 0.4) is 0 Å². The lowest BCUT2D eigenvalue weighted by atomic mass is 10.0. The maximum Gasteiger partial charge on any atom is 0.355 e. The summed E-state index contributed by atoms with van der Waals surface area (Å²) in [5.41, 5.74) is 0.699. The van der Waals surface area contributed by atoms with Crippen molar-refractivity contribution in [2.45, 2.75) is 46.1 Å². The lowest BCUT2D eigenvalue weighted by Crippen LogP contribution is -2.53. The molecule has 1 saturated heterocycles. The van der Waals surface area contributed by atoms with E-state index in [2.05, 4.69) is 37.7 Å². The van der Waals surface area contributed by atoms with E-state index in [9.17, 15) is 14.7 Å². The molecule has 1 aromatic carbocycles. The smallest absolute Gasteiger partial charge is 0.355 e. The predicted octanol–water partition coefficient (Wildman–Crippen LogP) is 4.46. The van der Waals surface area contributed by atoms with Crippen LogP contribution in [0.2, 0.25) is 0 Å². The van der Waals surface area contributed by atoms with Crippen LogP contribution in [-0.2, 0) is 4.79 Å². The number of aromatic hydroxyl groups is 1. The molecule has 0 saturated carbocycles. The molecule has 0 bridgehead atoms. The molecule has 10 nitrogen and oxygen atoms in total. The van der Waals surface area contributed by atoms with Crippen molar-refractivity contribution in [2.75, 3.05) is 37.6 Å². The van der Waals surface area contributed by atoms with Crippen LogP contribution in [0.25, 0.3) is 28.0 Å². The Balaban J connectivity index is 1.62. The fourth-order valence-corrected chi connectivity index (χ4v) is 5.94. The van der Waals surface area contributed by atoms with Gasteiger partial charge in [0.15, 0.2) is 11.5 Å². The molecule has 1 amide bonds. The minimum Gasteiger partial charge on any atom is -0.507 e. The van der Waals surface area contributed by atoms with E-state index < -0.39 is 34.3 Å². The highest BCUT2D eigenvalue weighted by atomic mass is 19.1. The zero-order chi connectivity index (χ0) is 34.0. The molecule has 2 N–H and O–H groups in total. The molecule has 1 fully saturated rings. The number of pyridine rings is 2. The van der Waals surface area contributed by atoms with Crippen LogP contribution in [0.1, 0.15) is 44.4 Å². The lowest BCUT2D eigenvalue weighted by molar-refractivity contribution is -0.117. The lowest BCUT2D eigenvalue weighted by Gasteiger charge is -2.41. The highest BCUT2D eigenvalue weighted by Gasteiger charge is 2.30. The Labute approximate surface area is 271 Å². The molecule has 47 heavy (non-hydrogen) atoms. The van der Waals surface area contributed by atoms with Gasteiger partial charge in [0.05, 0.1) is 22.3 Å². The number of fused-ring (bicyclic) bond motifs is 1. The van der Waals surface area contributed by atoms with Crippen LogP contribution in [0.15, 0.2) is 53.5 Å². The van der Waals surface area contributed by atoms with Gasteiger partial charge >= 0.3 is 5.69 Å². The number of phenolic OH excluding ortho intramolecular Hbond substituents is 1. The number of nitrogens with one attached hydrogen (secondary N) is 1. The number of hydrogen-bond acceptors (Lipinski definition) is 8. The molecule has 1 aliphatic heterocycles. The third kappa shape index (κ3) is 6.57. The number of nitrogens with zero attached hydrogens (tertiary/aromatic N) is 6. The van der Waals surface area contributed by atoms with Gasteiger partial charge in [0.2, 0.25) is 5.91 Å². The highest BCUT2D eigenvalue weighted by molar-refractivity contribution is 5.93. The summed E-state index contributed by atoms with van der Waals surface area (Å²) >= 11 is 0. The number of rotatable bonds is 9. The largest absolute Gasteiger partial charge is 0.507 e. The van der Waals surface area contributed by atoms with E-state index in [4.69, 9.17) is 6.42 Å². The second-order valence-corrected chi connectivity index (χ2v) is 12.0. The zero-order valence-corrected chi connectivity index (χ0v) is 26.8. The van der Waals surface area contributed by atoms with E-state index >= 15 is 8.78 Å². The van der Waals surface area contributed by atoms with Crippen molar-refractivity contribution in [3.63, 3.8) is 0 Å². The van der Waals surface area contributed by atoms with Gasteiger partial charge in [-0.2, -0.15) is 4.98 Å². The van der Waals surface area contributed by atoms with Gasteiger partial charge in [0.1, 0.15) is 23.1 Å². The standard InChI is InChI=1S/C35H37F2N7O3/c1-7-8-13-39-34(46)22(5)18-42-15-16-43(23(6)19-42)32-24-17-26(37)30(28-25(36)10-9-11-27(28)45)40-33(24)44(35(47)41-32)31-21(4)12-14-38-29(31)20(2)3/h1,9-12,14,17,20,23,45H,5,8,13,15-16,18-19H2,2-4,6H3,(H,39,46)/t23-/m0/s1. The Morgan fingerprint density at radius 2 is 1.98 bits per heavy atom. The molecular weight excluding hydrogens is 604 g/mol. The number of carbonyl (C=O) groups is 1. The fraction of sp³-hybridized carbons (Fsp3) is 0.343. The number of benzene rings is 1. The van der Waals surface area contributed by atoms with E-state index in [0.717, 1.165) is 6.07 Å². The van der Waals surface area contributed by atoms with Crippen LogP contribution >= 0.6 is 0 Å². The molecular formula is C35H37F2N7O3. The molecule has 0 spiro atoms. The van der Waals surface area contributed by atoms with Crippen molar-refractivity contribution in [3.8, 4) is 35.0 Å². The topological polar surface area (TPSA) is 116 Å². The van der Waals surface area contributed by atoms with Gasteiger partial charge in [-0.1, -0.05) is 26.5 Å². The van der Waals surface area contributed by atoms with E-state index in [1.54, 1.807) is 12.3 Å². The first-order chi connectivity index (χ1) is 22.4. The third-order valence-corrected chi connectivity index (χ3v) is 8.23. The third-order valence-electron chi connectivity index (χ3n) is 8.23. The molecule has 1 atom stereocenters. The summed E-state index contributed by atoms with van der Waals surface area (Å²) in [6.45, 7) is 13.7. The van der Waals surface area contributed by atoms with E-state index in [-0.39, 0.29) is 34.7 Å². The second kappa shape index (κ2) is 13.7. The average Bonchev–Trinajstić information content (AvgIpc) is 3.01. The minimum atomic E-state index is -0.892. The van der Waals surface area contributed by atoms with Crippen molar-refractivity contribution in [2.24, 2.45) is 0 Å². The number of carbonyl (C=O) groups excluding carboxylic acids is 1. The van der Waals surface area contributed by atoms with Gasteiger partial charge in [-0.25, -0.2) is 23.1 Å². The number of amides is 1. The van der Waals surface area contributed by atoms with Crippen LogP contribution in [0.4, 0.5) is 14.6 Å². The number of anilines is 1. The van der Waals surface area contributed by atoms with Gasteiger partial charge in [-0.3, -0.25) is 14.7 Å². The first-order valence-corrected chi connectivity index (χ1v) is 15.4. The fourth-order valence-electron chi connectivity index (χ4n) is 5.94. The molecule has 0 radical (unpaired) electrons. The average molecular weight is 642 g/mol. The van der Waals surface area contributed by atoms with E-state index in [0.29, 0.717) is 61.7 Å². The van der Waals surface area contributed by atoms with E-state index in [1.165, 1.54) is 22.8 Å². The number of halogens is 2. The molecule has 244 valence electrons. The van der Waals surface area contributed by atoms with Crippen LogP contribution in [-0.4, -0.2) is 74.2 Å². The summed E-state index contributed by atoms with van der Waals surface area (Å²) in [6.07, 6.45) is 7.33. The van der Waals surface area contributed by atoms with Crippen molar-refractivity contribution in [3.05, 3.63) is 82.1 Å². The van der Waals surface area contributed by atoms with Gasteiger partial charge in [-0.15, -0.1) is 12.3 Å². The van der Waals surface area contributed by atoms with Gasteiger partial charge in [0, 0.05) is 57.0 Å². The number of hydrogen-bond donors (Lipinski definition) is 2. The number of phenols is 1. The van der Waals surface area contributed by atoms with Gasteiger partial charge < -0.3 is 15.3 Å². The summed E-state index contributed by atoms with van der Waals surface area (Å²) < 4.78 is 32.3. The van der Waals surface area contributed by atoms with Crippen molar-refractivity contribution in [1.29, 1.82) is 0 Å². The van der Waals surface area contributed by atoms with Crippen molar-refractivity contribution < 1.29 is 18.7 Å². The molecule has 0 unspecified atom stereocenters. The maximum atomic E-state index is 16.0. The van der Waals surface area contributed by atoms with Crippen LogP contribution in [0, 0.1) is 30.9 Å². The Morgan fingerprint density at radius 3 is 2.66 bits per heavy atom. The van der Waals surface area contributed by atoms with Crippen LogP contribution < -0.4 is 15.9 Å². The molecule has 1 aliphatic rings. The predicted molar refractivity (Wildman–Crippen MR) is 178 cm³/mol. The molecule has 4 heterocycles. The quantitative estimate of drug-likeness (QED) is 0.156. The number of piperazine rings is 1. The minimum absolute atomic E-state index is 0.0451. The normalized spacial score (nSPS) is 15.2. The number of aryl methyl sites for hydroxylation is 1.